The topological polar surface area (TPSA) is 55.4 Å². The maximum absolute atomic E-state index is 11.8. The minimum absolute atomic E-state index is 0.127. The van der Waals surface area contributed by atoms with Crippen LogP contribution < -0.4 is 5.32 Å². The van der Waals surface area contributed by atoms with Crippen molar-refractivity contribution in [2.75, 3.05) is 6.54 Å². The molecule has 0 radical (unpaired) electrons. The fourth-order valence-corrected chi connectivity index (χ4v) is 1.94. The molecule has 0 spiro atoms. The molecule has 2 aromatic rings. The van der Waals surface area contributed by atoms with Crippen molar-refractivity contribution < 1.29 is 14.3 Å². The fourth-order valence-electron chi connectivity index (χ4n) is 1.94. The summed E-state index contributed by atoms with van der Waals surface area (Å²) in [5.41, 5.74) is 1.59. The maximum atomic E-state index is 11.8. The summed E-state index contributed by atoms with van der Waals surface area (Å²) in [6.07, 6.45) is 0.855. The van der Waals surface area contributed by atoms with Crippen LogP contribution in [-0.2, 0) is 16.1 Å². The molecule has 0 saturated heterocycles. The molecule has 0 aliphatic rings. The van der Waals surface area contributed by atoms with E-state index in [1.807, 2.05) is 48.5 Å². The molecule has 0 aliphatic heterocycles. The first-order valence-corrected chi connectivity index (χ1v) is 7.28. The van der Waals surface area contributed by atoms with Gasteiger partial charge in [-0.05, 0) is 24.1 Å². The lowest BCUT2D eigenvalue weighted by atomic mass is 10.2. The summed E-state index contributed by atoms with van der Waals surface area (Å²) in [6.45, 7) is 0.740. The Morgan fingerprint density at radius 2 is 1.55 bits per heavy atom. The Kier molecular flexibility index (Phi) is 6.18. The number of ether oxygens (including phenoxy) is 1. The highest BCUT2D eigenvalue weighted by Gasteiger charge is 2.06. The van der Waals surface area contributed by atoms with E-state index in [1.165, 1.54) is 0 Å². The third kappa shape index (κ3) is 5.40. The Hall–Kier alpha value is -2.62. The van der Waals surface area contributed by atoms with Crippen molar-refractivity contribution >= 4 is 11.9 Å². The lowest BCUT2D eigenvalue weighted by Gasteiger charge is -2.06. The molecular weight excluding hydrogens is 278 g/mol. The molecular formula is C18H19NO3. The normalized spacial score (nSPS) is 10.0. The molecule has 0 fully saturated rings. The van der Waals surface area contributed by atoms with Crippen LogP contribution in [0.3, 0.4) is 0 Å². The number of benzene rings is 2. The predicted molar refractivity (Wildman–Crippen MR) is 84.2 cm³/mol. The number of hydrogen-bond acceptors (Lipinski definition) is 3. The third-order valence-corrected chi connectivity index (χ3v) is 3.12. The minimum atomic E-state index is -0.252. The molecule has 0 aliphatic carbocycles. The second-order valence-corrected chi connectivity index (χ2v) is 4.87. The van der Waals surface area contributed by atoms with Crippen LogP contribution >= 0.6 is 0 Å². The molecule has 4 heteroatoms. The van der Waals surface area contributed by atoms with Crippen LogP contribution in [0.25, 0.3) is 0 Å². The molecule has 0 bridgehead atoms. The molecule has 1 N–H and O–H groups in total. The molecule has 0 unspecified atom stereocenters. The van der Waals surface area contributed by atoms with E-state index in [2.05, 4.69) is 5.32 Å². The van der Waals surface area contributed by atoms with E-state index < -0.39 is 0 Å². The van der Waals surface area contributed by atoms with Crippen LogP contribution in [0.1, 0.15) is 28.8 Å². The number of amides is 1. The summed E-state index contributed by atoms with van der Waals surface area (Å²) < 4.78 is 5.17. The van der Waals surface area contributed by atoms with E-state index in [9.17, 15) is 9.59 Å². The molecule has 1 amide bonds. The second-order valence-electron chi connectivity index (χ2n) is 4.87. The lowest BCUT2D eigenvalue weighted by Crippen LogP contribution is -2.24. The van der Waals surface area contributed by atoms with Crippen molar-refractivity contribution in [1.82, 2.24) is 5.32 Å². The number of rotatable bonds is 7. The van der Waals surface area contributed by atoms with Gasteiger partial charge in [0.1, 0.15) is 6.61 Å². The summed E-state index contributed by atoms with van der Waals surface area (Å²) in [5, 5.41) is 2.78. The predicted octanol–water partition coefficient (Wildman–Crippen LogP) is 2.94. The number of carbonyl (C=O) groups excluding carboxylic acids is 2. The number of carbonyl (C=O) groups is 2. The summed E-state index contributed by atoms with van der Waals surface area (Å²) >= 11 is 0. The Morgan fingerprint density at radius 1 is 0.909 bits per heavy atom. The first-order valence-electron chi connectivity index (χ1n) is 7.28. The molecule has 0 atom stereocenters. The van der Waals surface area contributed by atoms with Crippen molar-refractivity contribution in [2.24, 2.45) is 0 Å². The second kappa shape index (κ2) is 8.62. The van der Waals surface area contributed by atoms with E-state index in [-0.39, 0.29) is 18.5 Å². The molecule has 0 aromatic heterocycles. The van der Waals surface area contributed by atoms with Crippen molar-refractivity contribution in [3.8, 4) is 0 Å². The van der Waals surface area contributed by atoms with Gasteiger partial charge in [0.15, 0.2) is 0 Å². The van der Waals surface area contributed by atoms with Gasteiger partial charge in [0.2, 0.25) is 0 Å². The van der Waals surface area contributed by atoms with Gasteiger partial charge in [-0.1, -0.05) is 48.5 Å². The number of esters is 1. The average molecular weight is 297 g/mol. The van der Waals surface area contributed by atoms with Crippen LogP contribution in [0.15, 0.2) is 60.7 Å². The van der Waals surface area contributed by atoms with E-state index >= 15 is 0 Å². The third-order valence-electron chi connectivity index (χ3n) is 3.12. The van der Waals surface area contributed by atoms with Gasteiger partial charge in [0.05, 0.1) is 0 Å². The Bertz CT molecular complexity index is 596. The summed E-state index contributed by atoms with van der Waals surface area (Å²) in [7, 11) is 0. The zero-order chi connectivity index (χ0) is 15.6. The van der Waals surface area contributed by atoms with Crippen LogP contribution in [0.4, 0.5) is 0 Å². The number of nitrogens with one attached hydrogen (secondary N) is 1. The van der Waals surface area contributed by atoms with Crippen LogP contribution in [0, 0.1) is 0 Å². The summed E-state index contributed by atoms with van der Waals surface area (Å²) in [5.74, 6) is -0.379. The molecule has 2 rings (SSSR count). The molecule has 4 nitrogen and oxygen atoms in total. The van der Waals surface area contributed by atoms with E-state index in [0.29, 0.717) is 24.9 Å². The highest BCUT2D eigenvalue weighted by Crippen LogP contribution is 2.03. The molecule has 22 heavy (non-hydrogen) atoms. The largest absolute Gasteiger partial charge is 0.461 e. The summed E-state index contributed by atoms with van der Waals surface area (Å²) in [4.78, 5) is 23.4. The highest BCUT2D eigenvalue weighted by atomic mass is 16.5. The Morgan fingerprint density at radius 3 is 2.23 bits per heavy atom. The van der Waals surface area contributed by atoms with Crippen LogP contribution in [0.2, 0.25) is 0 Å². The SMILES string of the molecule is O=C(CCCNC(=O)c1ccccc1)OCc1ccccc1. The van der Waals surface area contributed by atoms with Gasteiger partial charge < -0.3 is 10.1 Å². The molecule has 114 valence electrons. The standard InChI is InChI=1S/C18H19NO3/c20-17(22-14-15-8-3-1-4-9-15)12-7-13-19-18(21)16-10-5-2-6-11-16/h1-6,8-11H,7,12-14H2,(H,19,21). The summed E-state index contributed by atoms with van der Waals surface area (Å²) in [6, 6.07) is 18.5. The fraction of sp³-hybridized carbons (Fsp3) is 0.222. The first-order chi connectivity index (χ1) is 10.8. The van der Waals surface area contributed by atoms with E-state index in [4.69, 9.17) is 4.74 Å². The highest BCUT2D eigenvalue weighted by molar-refractivity contribution is 5.94. The van der Waals surface area contributed by atoms with Crippen molar-refractivity contribution in [2.45, 2.75) is 19.4 Å². The first kappa shape index (κ1) is 15.8. The van der Waals surface area contributed by atoms with Crippen molar-refractivity contribution in [3.05, 3.63) is 71.8 Å². The average Bonchev–Trinajstić information content (AvgIpc) is 2.58. The van der Waals surface area contributed by atoms with Crippen molar-refractivity contribution in [1.29, 1.82) is 0 Å². The van der Waals surface area contributed by atoms with Gasteiger partial charge in [0.25, 0.3) is 5.91 Å². The van der Waals surface area contributed by atoms with Gasteiger partial charge in [-0.2, -0.15) is 0 Å². The zero-order valence-electron chi connectivity index (χ0n) is 12.3. The molecule has 2 aromatic carbocycles. The molecule has 0 heterocycles. The maximum Gasteiger partial charge on any atom is 0.306 e. The Labute approximate surface area is 130 Å². The van der Waals surface area contributed by atoms with Crippen LogP contribution in [-0.4, -0.2) is 18.4 Å². The minimum Gasteiger partial charge on any atom is -0.461 e. The van der Waals surface area contributed by atoms with Gasteiger partial charge in [-0.15, -0.1) is 0 Å². The molecule has 0 saturated carbocycles. The van der Waals surface area contributed by atoms with Gasteiger partial charge in [0, 0.05) is 18.5 Å². The smallest absolute Gasteiger partial charge is 0.306 e. The monoisotopic (exact) mass is 297 g/mol. The number of hydrogen-bond donors (Lipinski definition) is 1. The van der Waals surface area contributed by atoms with Gasteiger partial charge >= 0.3 is 5.97 Å². The van der Waals surface area contributed by atoms with E-state index in [0.717, 1.165) is 5.56 Å². The van der Waals surface area contributed by atoms with E-state index in [1.54, 1.807) is 12.1 Å². The lowest BCUT2D eigenvalue weighted by molar-refractivity contribution is -0.145. The quantitative estimate of drug-likeness (QED) is 0.631. The van der Waals surface area contributed by atoms with Gasteiger partial charge in [-0.25, -0.2) is 0 Å². The van der Waals surface area contributed by atoms with Crippen LogP contribution in [0.5, 0.6) is 0 Å². The van der Waals surface area contributed by atoms with Crippen molar-refractivity contribution in [3.63, 3.8) is 0 Å². The zero-order valence-corrected chi connectivity index (χ0v) is 12.3. The van der Waals surface area contributed by atoms with Gasteiger partial charge in [-0.3, -0.25) is 9.59 Å². The Balaban J connectivity index is 1.60.